The van der Waals surface area contributed by atoms with E-state index in [0.717, 1.165) is 0 Å². The van der Waals surface area contributed by atoms with E-state index < -0.39 is 4.92 Å². The molecule has 0 aliphatic heterocycles. The SMILES string of the molecule is CNCc1cc(F)ccc1OCc1ccccc1[N+](=O)[O-]. The van der Waals surface area contributed by atoms with E-state index in [9.17, 15) is 14.5 Å². The molecule has 0 aliphatic rings. The topological polar surface area (TPSA) is 64.4 Å². The van der Waals surface area contributed by atoms with Gasteiger partial charge < -0.3 is 10.1 Å². The molecule has 2 rings (SSSR count). The largest absolute Gasteiger partial charge is 0.488 e. The summed E-state index contributed by atoms with van der Waals surface area (Å²) in [4.78, 5) is 10.5. The summed E-state index contributed by atoms with van der Waals surface area (Å²) in [5.74, 6) is 0.155. The third-order valence-corrected chi connectivity index (χ3v) is 2.96. The summed E-state index contributed by atoms with van der Waals surface area (Å²) >= 11 is 0. The van der Waals surface area contributed by atoms with Crippen molar-refractivity contribution in [3.63, 3.8) is 0 Å². The van der Waals surface area contributed by atoms with Gasteiger partial charge in [0.15, 0.2) is 0 Å². The third kappa shape index (κ3) is 3.76. The quantitative estimate of drug-likeness (QED) is 0.656. The summed E-state index contributed by atoms with van der Waals surface area (Å²) in [5, 5.41) is 13.9. The molecule has 5 nitrogen and oxygen atoms in total. The molecule has 0 fully saturated rings. The fourth-order valence-electron chi connectivity index (χ4n) is 1.98. The van der Waals surface area contributed by atoms with Gasteiger partial charge in [-0.2, -0.15) is 0 Å². The van der Waals surface area contributed by atoms with Crippen molar-refractivity contribution in [2.75, 3.05) is 7.05 Å². The summed E-state index contributed by atoms with van der Waals surface area (Å²) in [6, 6.07) is 10.6. The molecule has 2 aromatic rings. The summed E-state index contributed by atoms with van der Waals surface area (Å²) in [5.41, 5.74) is 1.15. The Balaban J connectivity index is 2.19. The van der Waals surface area contributed by atoms with Crippen molar-refractivity contribution in [3.8, 4) is 5.75 Å². The average Bonchev–Trinajstić information content (AvgIpc) is 2.47. The van der Waals surface area contributed by atoms with Crippen LogP contribution in [0.25, 0.3) is 0 Å². The number of hydrogen-bond acceptors (Lipinski definition) is 4. The maximum absolute atomic E-state index is 13.2. The van der Waals surface area contributed by atoms with Gasteiger partial charge in [-0.25, -0.2) is 4.39 Å². The minimum absolute atomic E-state index is 0.00905. The van der Waals surface area contributed by atoms with E-state index >= 15 is 0 Å². The Morgan fingerprint density at radius 2 is 2.00 bits per heavy atom. The fraction of sp³-hybridized carbons (Fsp3) is 0.200. The van der Waals surface area contributed by atoms with Crippen molar-refractivity contribution in [2.45, 2.75) is 13.2 Å². The first-order valence-electron chi connectivity index (χ1n) is 6.40. The van der Waals surface area contributed by atoms with Gasteiger partial charge in [-0.15, -0.1) is 0 Å². The molecule has 0 saturated heterocycles. The Kier molecular flexibility index (Phi) is 4.84. The molecule has 21 heavy (non-hydrogen) atoms. The lowest BCUT2D eigenvalue weighted by molar-refractivity contribution is -0.385. The van der Waals surface area contributed by atoms with Crippen LogP contribution in [0.3, 0.4) is 0 Å². The second-order valence-electron chi connectivity index (χ2n) is 4.46. The Morgan fingerprint density at radius 1 is 1.24 bits per heavy atom. The molecule has 0 spiro atoms. The standard InChI is InChI=1S/C15H15FN2O3/c1-17-9-12-8-13(16)6-7-15(12)21-10-11-4-2-3-5-14(11)18(19)20/h2-8,17H,9-10H2,1H3. The Hall–Kier alpha value is -2.47. The van der Waals surface area contributed by atoms with Gasteiger partial charge in [0.05, 0.1) is 10.5 Å². The van der Waals surface area contributed by atoms with Gasteiger partial charge in [0.1, 0.15) is 18.2 Å². The average molecular weight is 290 g/mol. The van der Waals surface area contributed by atoms with Gasteiger partial charge in [-0.3, -0.25) is 10.1 Å². The minimum atomic E-state index is -0.447. The summed E-state index contributed by atoms with van der Waals surface area (Å²) in [6.07, 6.45) is 0. The normalized spacial score (nSPS) is 10.4. The van der Waals surface area contributed by atoms with Crippen molar-refractivity contribution < 1.29 is 14.1 Å². The van der Waals surface area contributed by atoms with Crippen LogP contribution in [-0.4, -0.2) is 12.0 Å². The highest BCUT2D eigenvalue weighted by Gasteiger charge is 2.13. The molecular weight excluding hydrogens is 275 g/mol. The number of ether oxygens (including phenoxy) is 1. The van der Waals surface area contributed by atoms with Crippen molar-refractivity contribution in [2.24, 2.45) is 0 Å². The van der Waals surface area contributed by atoms with Crippen molar-refractivity contribution in [3.05, 3.63) is 69.5 Å². The van der Waals surface area contributed by atoms with E-state index in [1.807, 2.05) is 0 Å². The first kappa shape index (κ1) is 14.9. The molecule has 110 valence electrons. The zero-order valence-corrected chi connectivity index (χ0v) is 11.5. The second kappa shape index (κ2) is 6.81. The van der Waals surface area contributed by atoms with Gasteiger partial charge in [-0.05, 0) is 31.3 Å². The van der Waals surface area contributed by atoms with Crippen LogP contribution in [0.1, 0.15) is 11.1 Å². The van der Waals surface area contributed by atoms with Crippen LogP contribution < -0.4 is 10.1 Å². The first-order chi connectivity index (χ1) is 10.1. The first-order valence-corrected chi connectivity index (χ1v) is 6.40. The van der Waals surface area contributed by atoms with Crippen molar-refractivity contribution in [1.82, 2.24) is 5.32 Å². The third-order valence-electron chi connectivity index (χ3n) is 2.96. The van der Waals surface area contributed by atoms with Crippen LogP contribution in [0, 0.1) is 15.9 Å². The van der Waals surface area contributed by atoms with Gasteiger partial charge >= 0.3 is 0 Å². The molecule has 0 unspecified atom stereocenters. The molecule has 2 aromatic carbocycles. The maximum atomic E-state index is 13.2. The lowest BCUT2D eigenvalue weighted by Crippen LogP contribution is -2.08. The smallest absolute Gasteiger partial charge is 0.276 e. The van der Waals surface area contributed by atoms with Crippen molar-refractivity contribution >= 4 is 5.69 Å². The Labute approximate surface area is 121 Å². The van der Waals surface area contributed by atoms with Crippen LogP contribution in [0.5, 0.6) is 5.75 Å². The number of para-hydroxylation sites is 1. The lowest BCUT2D eigenvalue weighted by Gasteiger charge is -2.11. The molecule has 0 amide bonds. The molecule has 0 radical (unpaired) electrons. The van der Waals surface area contributed by atoms with Gasteiger partial charge in [0.2, 0.25) is 0 Å². The minimum Gasteiger partial charge on any atom is -0.488 e. The molecule has 1 N–H and O–H groups in total. The molecule has 0 atom stereocenters. The monoisotopic (exact) mass is 290 g/mol. The number of rotatable bonds is 6. The summed E-state index contributed by atoms with van der Waals surface area (Å²) in [7, 11) is 1.75. The number of nitro benzene ring substituents is 1. The molecular formula is C15H15FN2O3. The number of nitro groups is 1. The summed E-state index contributed by atoms with van der Waals surface area (Å²) < 4.78 is 18.8. The van der Waals surface area contributed by atoms with Crippen LogP contribution in [0.2, 0.25) is 0 Å². The zero-order valence-electron chi connectivity index (χ0n) is 11.5. The number of halogens is 1. The van der Waals surface area contributed by atoms with E-state index in [-0.39, 0.29) is 18.1 Å². The molecule has 6 heteroatoms. The van der Waals surface area contributed by atoms with Crippen LogP contribution in [0.4, 0.5) is 10.1 Å². The van der Waals surface area contributed by atoms with Crippen LogP contribution in [0.15, 0.2) is 42.5 Å². The highest BCUT2D eigenvalue weighted by atomic mass is 19.1. The lowest BCUT2D eigenvalue weighted by atomic mass is 10.1. The maximum Gasteiger partial charge on any atom is 0.276 e. The highest BCUT2D eigenvalue weighted by Crippen LogP contribution is 2.23. The Bertz CT molecular complexity index is 647. The van der Waals surface area contributed by atoms with E-state index in [4.69, 9.17) is 4.74 Å². The van der Waals surface area contributed by atoms with E-state index in [1.54, 1.807) is 25.2 Å². The molecule has 0 aliphatic carbocycles. The van der Waals surface area contributed by atoms with E-state index in [1.165, 1.54) is 24.3 Å². The molecule has 0 bridgehead atoms. The second-order valence-corrected chi connectivity index (χ2v) is 4.46. The van der Waals surface area contributed by atoms with Crippen LogP contribution in [-0.2, 0) is 13.2 Å². The highest BCUT2D eigenvalue weighted by molar-refractivity contribution is 5.40. The molecule has 0 aromatic heterocycles. The van der Waals surface area contributed by atoms with E-state index in [0.29, 0.717) is 23.4 Å². The number of benzene rings is 2. The van der Waals surface area contributed by atoms with E-state index in [2.05, 4.69) is 5.32 Å². The number of hydrogen-bond donors (Lipinski definition) is 1. The zero-order chi connectivity index (χ0) is 15.2. The number of nitrogens with zero attached hydrogens (tertiary/aromatic N) is 1. The molecule has 0 heterocycles. The summed E-state index contributed by atoms with van der Waals surface area (Å²) in [6.45, 7) is 0.503. The van der Waals surface area contributed by atoms with Gasteiger partial charge in [0, 0.05) is 18.2 Å². The number of nitrogens with one attached hydrogen (secondary N) is 1. The predicted molar refractivity (Wildman–Crippen MR) is 76.6 cm³/mol. The Morgan fingerprint density at radius 3 is 2.71 bits per heavy atom. The fourth-order valence-corrected chi connectivity index (χ4v) is 1.98. The van der Waals surface area contributed by atoms with Crippen molar-refractivity contribution in [1.29, 1.82) is 0 Å². The van der Waals surface area contributed by atoms with Gasteiger partial charge in [0.25, 0.3) is 5.69 Å². The predicted octanol–water partition coefficient (Wildman–Crippen LogP) is 3.03. The van der Waals surface area contributed by atoms with Gasteiger partial charge in [-0.1, -0.05) is 12.1 Å². The molecule has 0 saturated carbocycles. The van der Waals surface area contributed by atoms with Crippen LogP contribution >= 0.6 is 0 Å².